The maximum atomic E-state index is 11.9. The van der Waals surface area contributed by atoms with Gasteiger partial charge in [-0.15, -0.1) is 0 Å². The minimum atomic E-state index is -0.0231. The van der Waals surface area contributed by atoms with Gasteiger partial charge < -0.3 is 5.32 Å². The van der Waals surface area contributed by atoms with Crippen LogP contribution in [-0.4, -0.2) is 18.2 Å². The van der Waals surface area contributed by atoms with E-state index in [1.165, 1.54) is 5.56 Å². The molecule has 1 aromatic carbocycles. The monoisotopic (exact) mass is 259 g/mol. The fourth-order valence-corrected chi connectivity index (χ4v) is 2.06. The summed E-state index contributed by atoms with van der Waals surface area (Å²) in [5.74, 6) is 0.760. The van der Waals surface area contributed by atoms with Crippen LogP contribution < -0.4 is 5.32 Å². The lowest BCUT2D eigenvalue weighted by atomic mass is 10.0. The molecule has 1 aromatic rings. The second-order valence-electron chi connectivity index (χ2n) is 5.71. The number of hydrogen-bond donors (Lipinski definition) is 1. The van der Waals surface area contributed by atoms with E-state index < -0.39 is 0 Å². The van der Waals surface area contributed by atoms with Crippen LogP contribution in [0.2, 0.25) is 0 Å². The van der Waals surface area contributed by atoms with E-state index in [9.17, 15) is 9.59 Å². The Labute approximate surface area is 114 Å². The van der Waals surface area contributed by atoms with Crippen molar-refractivity contribution in [2.75, 3.05) is 6.54 Å². The first kappa shape index (κ1) is 13.8. The van der Waals surface area contributed by atoms with E-state index in [4.69, 9.17) is 0 Å². The van der Waals surface area contributed by atoms with Crippen molar-refractivity contribution in [2.24, 2.45) is 11.8 Å². The van der Waals surface area contributed by atoms with Gasteiger partial charge in [0, 0.05) is 11.5 Å². The molecule has 3 nitrogen and oxygen atoms in total. The van der Waals surface area contributed by atoms with Crippen LogP contribution in [0.4, 0.5) is 0 Å². The lowest BCUT2D eigenvalue weighted by Gasteiger charge is -2.07. The molecule has 0 aromatic heterocycles. The maximum absolute atomic E-state index is 11.9. The summed E-state index contributed by atoms with van der Waals surface area (Å²) in [7, 11) is 0. The number of ketones is 1. The number of hydrogen-bond acceptors (Lipinski definition) is 2. The molecule has 3 heteroatoms. The van der Waals surface area contributed by atoms with Gasteiger partial charge >= 0.3 is 0 Å². The topological polar surface area (TPSA) is 46.2 Å². The van der Waals surface area contributed by atoms with Crippen LogP contribution in [0.25, 0.3) is 0 Å². The summed E-state index contributed by atoms with van der Waals surface area (Å²) in [6.07, 6.45) is 2.95. The van der Waals surface area contributed by atoms with Crippen LogP contribution in [0, 0.1) is 11.8 Å². The molecule has 2 rings (SSSR count). The molecule has 1 saturated carbocycles. The number of rotatable bonds is 6. The zero-order valence-electron chi connectivity index (χ0n) is 11.6. The minimum absolute atomic E-state index is 0.0183. The van der Waals surface area contributed by atoms with Crippen molar-refractivity contribution in [2.45, 2.75) is 33.1 Å². The molecule has 102 valence electrons. The molecule has 0 atom stereocenters. The number of carbonyl (C=O) groups is 2. The van der Waals surface area contributed by atoms with Crippen LogP contribution in [0.3, 0.4) is 0 Å². The van der Waals surface area contributed by atoms with Gasteiger partial charge in [-0.1, -0.05) is 38.1 Å². The molecule has 0 radical (unpaired) electrons. The Morgan fingerprint density at radius 1 is 1.21 bits per heavy atom. The molecule has 1 aliphatic rings. The highest BCUT2D eigenvalue weighted by atomic mass is 16.2. The first-order valence-corrected chi connectivity index (χ1v) is 6.96. The highest BCUT2D eigenvalue weighted by molar-refractivity contribution is 5.99. The molecule has 19 heavy (non-hydrogen) atoms. The molecule has 0 aliphatic heterocycles. The maximum Gasteiger partial charge on any atom is 0.223 e. The molecule has 1 fully saturated rings. The largest absolute Gasteiger partial charge is 0.348 e. The van der Waals surface area contributed by atoms with Gasteiger partial charge in [-0.25, -0.2) is 0 Å². The lowest BCUT2D eigenvalue weighted by molar-refractivity contribution is -0.122. The Bertz CT molecular complexity index is 458. The Hall–Kier alpha value is -1.64. The van der Waals surface area contributed by atoms with Crippen LogP contribution in [0.15, 0.2) is 24.3 Å². The summed E-state index contributed by atoms with van der Waals surface area (Å²) in [4.78, 5) is 23.4. The smallest absolute Gasteiger partial charge is 0.223 e. The highest BCUT2D eigenvalue weighted by Crippen LogP contribution is 2.28. The zero-order valence-corrected chi connectivity index (χ0v) is 11.6. The van der Waals surface area contributed by atoms with Gasteiger partial charge in [0.15, 0.2) is 5.78 Å². The van der Waals surface area contributed by atoms with E-state index in [1.54, 1.807) is 0 Å². The van der Waals surface area contributed by atoms with Crippen molar-refractivity contribution < 1.29 is 9.59 Å². The van der Waals surface area contributed by atoms with Crippen LogP contribution in [-0.2, 0) is 11.2 Å². The molecule has 0 saturated heterocycles. The molecule has 1 aliphatic carbocycles. The average molecular weight is 259 g/mol. The predicted octanol–water partition coefficient (Wildman–Crippen LogP) is 2.59. The average Bonchev–Trinajstić information content (AvgIpc) is 3.20. The third kappa shape index (κ3) is 4.19. The second kappa shape index (κ2) is 6.00. The fourth-order valence-electron chi connectivity index (χ4n) is 2.06. The van der Waals surface area contributed by atoms with E-state index in [-0.39, 0.29) is 24.2 Å². The van der Waals surface area contributed by atoms with Gasteiger partial charge in [-0.05, 0) is 30.7 Å². The third-order valence-corrected chi connectivity index (χ3v) is 3.29. The normalized spacial score (nSPS) is 14.5. The van der Waals surface area contributed by atoms with Crippen molar-refractivity contribution in [3.63, 3.8) is 0 Å². The van der Waals surface area contributed by atoms with Gasteiger partial charge in [-0.2, -0.15) is 0 Å². The molecular formula is C16H21NO2. The number of amides is 1. The second-order valence-corrected chi connectivity index (χ2v) is 5.71. The standard InChI is InChI=1S/C16H21NO2/c1-11(2)9-12-3-5-13(6-4-12)15(18)10-17-16(19)14-7-8-14/h3-6,11,14H,7-10H2,1-2H3,(H,17,19). The van der Waals surface area contributed by atoms with Crippen molar-refractivity contribution in [3.8, 4) is 0 Å². The van der Waals surface area contributed by atoms with Gasteiger partial charge in [0.1, 0.15) is 0 Å². The van der Waals surface area contributed by atoms with Gasteiger partial charge in [-0.3, -0.25) is 9.59 Å². The van der Waals surface area contributed by atoms with Gasteiger partial charge in [0.05, 0.1) is 6.54 Å². The van der Waals surface area contributed by atoms with E-state index in [0.29, 0.717) is 11.5 Å². The molecule has 0 unspecified atom stereocenters. The number of benzene rings is 1. The van der Waals surface area contributed by atoms with Crippen molar-refractivity contribution in [1.29, 1.82) is 0 Å². The first-order chi connectivity index (χ1) is 9.06. The summed E-state index contributed by atoms with van der Waals surface area (Å²) in [6.45, 7) is 4.46. The number of carbonyl (C=O) groups excluding carboxylic acids is 2. The van der Waals surface area contributed by atoms with Gasteiger partial charge in [0.25, 0.3) is 0 Å². The summed E-state index contributed by atoms with van der Waals surface area (Å²) in [5.41, 5.74) is 1.91. The Balaban J connectivity index is 1.86. The first-order valence-electron chi connectivity index (χ1n) is 6.96. The molecule has 0 spiro atoms. The van der Waals surface area contributed by atoms with Crippen LogP contribution in [0.5, 0.6) is 0 Å². The van der Waals surface area contributed by atoms with E-state index in [1.807, 2.05) is 24.3 Å². The van der Waals surface area contributed by atoms with Crippen molar-refractivity contribution >= 4 is 11.7 Å². The van der Waals surface area contributed by atoms with E-state index in [0.717, 1.165) is 19.3 Å². The minimum Gasteiger partial charge on any atom is -0.348 e. The summed E-state index contributed by atoms with van der Waals surface area (Å²) < 4.78 is 0. The number of nitrogens with one attached hydrogen (secondary N) is 1. The summed E-state index contributed by atoms with van der Waals surface area (Å²) in [5, 5.41) is 2.70. The van der Waals surface area contributed by atoms with Crippen LogP contribution in [0.1, 0.15) is 42.6 Å². The lowest BCUT2D eigenvalue weighted by Crippen LogP contribution is -2.30. The SMILES string of the molecule is CC(C)Cc1ccc(C(=O)CNC(=O)C2CC2)cc1. The van der Waals surface area contributed by atoms with E-state index in [2.05, 4.69) is 19.2 Å². The van der Waals surface area contributed by atoms with Crippen LogP contribution >= 0.6 is 0 Å². The predicted molar refractivity (Wildman–Crippen MR) is 75.0 cm³/mol. The molecular weight excluding hydrogens is 238 g/mol. The van der Waals surface area contributed by atoms with E-state index >= 15 is 0 Å². The third-order valence-electron chi connectivity index (χ3n) is 3.29. The Morgan fingerprint density at radius 3 is 2.37 bits per heavy atom. The fraction of sp³-hybridized carbons (Fsp3) is 0.500. The Kier molecular flexibility index (Phi) is 4.35. The van der Waals surface area contributed by atoms with Crippen molar-refractivity contribution in [1.82, 2.24) is 5.32 Å². The Morgan fingerprint density at radius 2 is 1.84 bits per heavy atom. The number of Topliss-reactive ketones (excluding diaryl/α,β-unsaturated/α-hetero) is 1. The molecule has 0 bridgehead atoms. The summed E-state index contributed by atoms with van der Waals surface area (Å²) in [6, 6.07) is 7.69. The van der Waals surface area contributed by atoms with Gasteiger partial charge in [0.2, 0.25) is 5.91 Å². The zero-order chi connectivity index (χ0) is 13.8. The van der Waals surface area contributed by atoms with Crippen molar-refractivity contribution in [3.05, 3.63) is 35.4 Å². The highest BCUT2D eigenvalue weighted by Gasteiger charge is 2.29. The quantitative estimate of drug-likeness (QED) is 0.798. The summed E-state index contributed by atoms with van der Waals surface area (Å²) >= 11 is 0. The molecule has 1 amide bonds. The molecule has 1 N–H and O–H groups in total. The molecule has 0 heterocycles.